The molecule has 0 saturated heterocycles. The first-order chi connectivity index (χ1) is 9.48. The molecule has 106 valence electrons. The molecule has 0 fully saturated rings. The predicted octanol–water partition coefficient (Wildman–Crippen LogP) is 3.07. The van der Waals surface area contributed by atoms with Crippen molar-refractivity contribution in [3.05, 3.63) is 11.1 Å². The molecule has 2 aromatic rings. The van der Waals surface area contributed by atoms with E-state index in [0.29, 0.717) is 0 Å². The van der Waals surface area contributed by atoms with Crippen LogP contribution in [-0.2, 0) is 6.54 Å². The maximum Gasteiger partial charge on any atom is 0.179 e. The Balaban J connectivity index is 2.40. The Hall–Kier alpha value is -1.61. The van der Waals surface area contributed by atoms with Gasteiger partial charge >= 0.3 is 0 Å². The molecule has 1 N–H and O–H groups in total. The highest BCUT2D eigenvalue weighted by Crippen LogP contribution is 2.30. The quantitative estimate of drug-likeness (QED) is 0.673. The van der Waals surface area contributed by atoms with Gasteiger partial charge in [0.25, 0.3) is 0 Å². The van der Waals surface area contributed by atoms with Crippen LogP contribution in [0.5, 0.6) is 0 Å². The van der Waals surface area contributed by atoms with Gasteiger partial charge in [-0.15, -0.1) is 12.3 Å². The van der Waals surface area contributed by atoms with Crippen LogP contribution in [0.3, 0.4) is 0 Å². The molecule has 2 heterocycles. The van der Waals surface area contributed by atoms with E-state index in [2.05, 4.69) is 60.5 Å². The summed E-state index contributed by atoms with van der Waals surface area (Å²) in [6, 6.07) is 0. The van der Waals surface area contributed by atoms with Crippen molar-refractivity contribution in [1.82, 2.24) is 19.5 Å². The number of terminal acetylenes is 1. The molecule has 0 saturated carbocycles. The summed E-state index contributed by atoms with van der Waals surface area (Å²) in [6.45, 7) is 5.19. The van der Waals surface area contributed by atoms with Gasteiger partial charge in [-0.2, -0.15) is 0 Å². The molecule has 0 aliphatic carbocycles. The number of hydrogen-bond acceptors (Lipinski definition) is 4. The summed E-state index contributed by atoms with van der Waals surface area (Å²) >= 11 is 3.51. The Labute approximate surface area is 127 Å². The van der Waals surface area contributed by atoms with Gasteiger partial charge in [0.2, 0.25) is 0 Å². The SMILES string of the molecule is C#CCCC(C)(C)Cn1c(Br)nc2c(NC)ncnc21. The van der Waals surface area contributed by atoms with Gasteiger partial charge in [0.1, 0.15) is 6.33 Å². The summed E-state index contributed by atoms with van der Waals surface area (Å²) in [4.78, 5) is 13.0. The van der Waals surface area contributed by atoms with Crippen molar-refractivity contribution >= 4 is 32.9 Å². The topological polar surface area (TPSA) is 55.6 Å². The number of nitrogens with one attached hydrogen (secondary N) is 1. The van der Waals surface area contributed by atoms with E-state index < -0.39 is 0 Å². The third-order valence-electron chi connectivity index (χ3n) is 3.25. The fraction of sp³-hybridized carbons (Fsp3) is 0.500. The molecule has 0 aliphatic heterocycles. The van der Waals surface area contributed by atoms with Crippen molar-refractivity contribution in [2.45, 2.75) is 33.2 Å². The van der Waals surface area contributed by atoms with Gasteiger partial charge in [0.15, 0.2) is 21.7 Å². The molecule has 0 unspecified atom stereocenters. The monoisotopic (exact) mass is 335 g/mol. The van der Waals surface area contributed by atoms with Crippen LogP contribution in [0, 0.1) is 17.8 Å². The summed E-state index contributed by atoms with van der Waals surface area (Å²) in [6.07, 6.45) is 8.64. The van der Waals surface area contributed by atoms with Crippen LogP contribution in [0.25, 0.3) is 11.2 Å². The van der Waals surface area contributed by atoms with Crippen LogP contribution in [0.1, 0.15) is 26.7 Å². The van der Waals surface area contributed by atoms with Gasteiger partial charge in [-0.25, -0.2) is 15.0 Å². The number of imidazole rings is 1. The van der Waals surface area contributed by atoms with Gasteiger partial charge in [-0.05, 0) is 27.8 Å². The Morgan fingerprint density at radius 2 is 2.20 bits per heavy atom. The first-order valence-electron chi connectivity index (χ1n) is 6.46. The smallest absolute Gasteiger partial charge is 0.179 e. The van der Waals surface area contributed by atoms with Crippen LogP contribution in [-0.4, -0.2) is 26.6 Å². The van der Waals surface area contributed by atoms with Gasteiger partial charge in [0.05, 0.1) is 0 Å². The highest BCUT2D eigenvalue weighted by atomic mass is 79.9. The zero-order valence-corrected chi connectivity index (χ0v) is 13.5. The van der Waals surface area contributed by atoms with E-state index in [1.165, 1.54) is 0 Å². The normalized spacial score (nSPS) is 11.6. The van der Waals surface area contributed by atoms with E-state index in [9.17, 15) is 0 Å². The van der Waals surface area contributed by atoms with E-state index in [1.54, 1.807) is 6.33 Å². The van der Waals surface area contributed by atoms with Crippen LogP contribution in [0.4, 0.5) is 5.82 Å². The molecule has 20 heavy (non-hydrogen) atoms. The number of nitrogens with zero attached hydrogens (tertiary/aromatic N) is 4. The van der Waals surface area contributed by atoms with Crippen molar-refractivity contribution in [3.8, 4) is 12.3 Å². The molecule has 0 radical (unpaired) electrons. The third-order valence-corrected chi connectivity index (χ3v) is 3.86. The first kappa shape index (κ1) is 14.8. The first-order valence-corrected chi connectivity index (χ1v) is 7.26. The average molecular weight is 336 g/mol. The number of rotatable bonds is 5. The molecule has 6 heteroatoms. The molecule has 5 nitrogen and oxygen atoms in total. The highest BCUT2D eigenvalue weighted by molar-refractivity contribution is 9.10. The fourth-order valence-electron chi connectivity index (χ4n) is 2.15. The number of fused-ring (bicyclic) bond motifs is 1. The lowest BCUT2D eigenvalue weighted by Gasteiger charge is -2.24. The molecule has 0 aromatic carbocycles. The second-order valence-corrected chi connectivity index (χ2v) is 6.19. The van der Waals surface area contributed by atoms with Gasteiger partial charge in [-0.3, -0.25) is 0 Å². The minimum absolute atomic E-state index is 0.0767. The van der Waals surface area contributed by atoms with Crippen molar-refractivity contribution in [2.75, 3.05) is 12.4 Å². The molecule has 0 atom stereocenters. The van der Waals surface area contributed by atoms with Crippen LogP contribution in [0.15, 0.2) is 11.1 Å². The van der Waals surface area contributed by atoms with E-state index in [0.717, 1.165) is 41.1 Å². The summed E-state index contributed by atoms with van der Waals surface area (Å²) in [7, 11) is 1.82. The highest BCUT2D eigenvalue weighted by Gasteiger charge is 2.22. The maximum atomic E-state index is 5.36. The molecular formula is C14H18BrN5. The Morgan fingerprint density at radius 3 is 2.85 bits per heavy atom. The van der Waals surface area contributed by atoms with Crippen molar-refractivity contribution in [3.63, 3.8) is 0 Å². The summed E-state index contributed by atoms with van der Waals surface area (Å²) in [5.74, 6) is 3.43. The molecule has 0 spiro atoms. The Kier molecular flexibility index (Phi) is 4.29. The minimum atomic E-state index is 0.0767. The van der Waals surface area contributed by atoms with Gasteiger partial charge < -0.3 is 9.88 Å². The fourth-order valence-corrected chi connectivity index (χ4v) is 2.62. The molecule has 2 aromatic heterocycles. The molecule has 0 aliphatic rings. The lowest BCUT2D eigenvalue weighted by Crippen LogP contribution is -2.20. The average Bonchev–Trinajstić information content (AvgIpc) is 2.72. The summed E-state index contributed by atoms with van der Waals surface area (Å²) in [5.41, 5.74) is 1.67. The zero-order valence-electron chi connectivity index (χ0n) is 11.9. The van der Waals surface area contributed by atoms with Crippen LogP contribution < -0.4 is 5.32 Å². The number of hydrogen-bond donors (Lipinski definition) is 1. The van der Waals surface area contributed by atoms with Crippen molar-refractivity contribution in [2.24, 2.45) is 5.41 Å². The van der Waals surface area contributed by atoms with Gasteiger partial charge in [-0.1, -0.05) is 13.8 Å². The standard InChI is InChI=1S/C14H18BrN5/c1-5-6-7-14(2,3)8-20-12-10(19-13(20)15)11(16-4)17-9-18-12/h1,9H,6-8H2,2-4H3,(H,16,17,18). The second kappa shape index (κ2) is 5.80. The maximum absolute atomic E-state index is 5.36. The molecule has 0 amide bonds. The minimum Gasteiger partial charge on any atom is -0.371 e. The van der Waals surface area contributed by atoms with E-state index in [-0.39, 0.29) is 5.41 Å². The lowest BCUT2D eigenvalue weighted by molar-refractivity contribution is 0.286. The third kappa shape index (κ3) is 2.93. The van der Waals surface area contributed by atoms with Gasteiger partial charge in [0, 0.05) is 20.0 Å². The largest absolute Gasteiger partial charge is 0.371 e. The van der Waals surface area contributed by atoms with E-state index in [1.807, 2.05) is 7.05 Å². The molecule has 2 rings (SSSR count). The number of aromatic nitrogens is 4. The van der Waals surface area contributed by atoms with E-state index >= 15 is 0 Å². The number of halogens is 1. The predicted molar refractivity (Wildman–Crippen MR) is 84.4 cm³/mol. The second-order valence-electron chi connectivity index (χ2n) is 5.48. The van der Waals surface area contributed by atoms with E-state index in [4.69, 9.17) is 6.42 Å². The summed E-state index contributed by atoms with van der Waals surface area (Å²) in [5, 5.41) is 3.03. The molecular weight excluding hydrogens is 318 g/mol. The Morgan fingerprint density at radius 1 is 1.45 bits per heavy atom. The van der Waals surface area contributed by atoms with Crippen molar-refractivity contribution in [1.29, 1.82) is 0 Å². The number of anilines is 1. The van der Waals surface area contributed by atoms with Crippen molar-refractivity contribution < 1.29 is 0 Å². The molecule has 0 bridgehead atoms. The lowest BCUT2D eigenvalue weighted by atomic mass is 9.88. The van der Waals surface area contributed by atoms with Crippen LogP contribution in [0.2, 0.25) is 0 Å². The van der Waals surface area contributed by atoms with Crippen LogP contribution >= 0.6 is 15.9 Å². The summed E-state index contributed by atoms with van der Waals surface area (Å²) < 4.78 is 2.83. The Bertz CT molecular complexity index is 653. The zero-order chi connectivity index (χ0) is 14.8.